The van der Waals surface area contributed by atoms with Crippen LogP contribution in [0, 0.1) is 17.3 Å². The average molecular weight is 613 g/mol. The standard InChI is InChI=1S/C34H50BrN3O2/c1-6-25-24(3)23(2)19-26-29(25)27(35)20-28-30(26)31(38-18-14-13-17-34(5,39)21-38)37-32(36-28)40-22-33(4)15-11-9-7-8-10-12-16-33/h19-20,23-24,39H,6-18,21-22H2,1-5H3. The van der Waals surface area contributed by atoms with Crippen LogP contribution in [-0.2, 0) is 0 Å². The molecule has 2 aromatic rings. The summed E-state index contributed by atoms with van der Waals surface area (Å²) in [5.74, 6) is 1.84. The summed E-state index contributed by atoms with van der Waals surface area (Å²) in [6.45, 7) is 13.4. The molecule has 0 spiro atoms. The van der Waals surface area contributed by atoms with Crippen LogP contribution in [0.3, 0.4) is 0 Å². The Morgan fingerprint density at radius 3 is 2.38 bits per heavy atom. The SMILES string of the molecule is CCC1=c2c(Br)cc3nc(OCC4(C)CCCCCCCC4)nc(N4CCCCC(C)(O)C4)c3c2=CC(C)C1C. The first kappa shape index (κ1) is 29.8. The molecule has 1 saturated carbocycles. The van der Waals surface area contributed by atoms with E-state index in [0.29, 0.717) is 31.0 Å². The van der Waals surface area contributed by atoms with Gasteiger partial charge in [0.05, 0.1) is 23.1 Å². The fraction of sp³-hybridized carbons (Fsp3) is 0.706. The lowest BCUT2D eigenvalue weighted by Gasteiger charge is -2.32. The molecule has 0 bridgehead atoms. The van der Waals surface area contributed by atoms with Crippen LogP contribution in [0.1, 0.15) is 112 Å². The van der Waals surface area contributed by atoms with Gasteiger partial charge in [0, 0.05) is 23.0 Å². The number of fused-ring (bicyclic) bond motifs is 3. The highest BCUT2D eigenvalue weighted by Crippen LogP contribution is 2.36. The summed E-state index contributed by atoms with van der Waals surface area (Å²) in [4.78, 5) is 12.5. The maximum Gasteiger partial charge on any atom is 0.318 e. The van der Waals surface area contributed by atoms with E-state index in [1.165, 1.54) is 67.4 Å². The number of halogens is 1. The van der Waals surface area contributed by atoms with Gasteiger partial charge in [-0.2, -0.15) is 9.97 Å². The summed E-state index contributed by atoms with van der Waals surface area (Å²) in [7, 11) is 0. The van der Waals surface area contributed by atoms with Gasteiger partial charge >= 0.3 is 6.01 Å². The second-order valence-electron chi connectivity index (χ2n) is 13.7. The summed E-state index contributed by atoms with van der Waals surface area (Å²) in [6.07, 6.45) is 16.6. The van der Waals surface area contributed by atoms with Crippen LogP contribution in [0.2, 0.25) is 0 Å². The van der Waals surface area contributed by atoms with Crippen LogP contribution in [0.15, 0.2) is 10.5 Å². The van der Waals surface area contributed by atoms with Crippen molar-refractivity contribution in [2.45, 2.75) is 117 Å². The maximum absolute atomic E-state index is 11.2. The Bertz CT molecular complexity index is 1330. The molecule has 2 fully saturated rings. The zero-order chi connectivity index (χ0) is 28.5. The van der Waals surface area contributed by atoms with E-state index in [4.69, 9.17) is 14.7 Å². The van der Waals surface area contributed by atoms with Gasteiger partial charge in [0.25, 0.3) is 0 Å². The molecule has 1 N–H and O–H groups in total. The summed E-state index contributed by atoms with van der Waals surface area (Å²) < 4.78 is 7.63. The van der Waals surface area contributed by atoms with Crippen molar-refractivity contribution in [3.05, 3.63) is 21.0 Å². The lowest BCUT2D eigenvalue weighted by atomic mass is 9.81. The number of aliphatic hydroxyl groups is 1. The number of nitrogens with zero attached hydrogens (tertiary/aromatic N) is 3. The molecule has 6 heteroatoms. The molecule has 2 aliphatic carbocycles. The lowest BCUT2D eigenvalue weighted by molar-refractivity contribution is 0.0611. The van der Waals surface area contributed by atoms with Crippen molar-refractivity contribution in [3.63, 3.8) is 0 Å². The van der Waals surface area contributed by atoms with Crippen molar-refractivity contribution >= 4 is 44.3 Å². The van der Waals surface area contributed by atoms with Crippen LogP contribution in [0.25, 0.3) is 22.6 Å². The molecule has 5 nitrogen and oxygen atoms in total. The molecule has 2 heterocycles. The lowest BCUT2D eigenvalue weighted by Crippen LogP contribution is -2.42. The van der Waals surface area contributed by atoms with E-state index in [2.05, 4.69) is 60.7 Å². The number of rotatable bonds is 5. The van der Waals surface area contributed by atoms with E-state index >= 15 is 0 Å². The van der Waals surface area contributed by atoms with E-state index in [1.54, 1.807) is 0 Å². The molecule has 0 radical (unpaired) electrons. The van der Waals surface area contributed by atoms with Gasteiger partial charge in [-0.05, 0) is 73.8 Å². The van der Waals surface area contributed by atoms with Crippen molar-refractivity contribution in [1.29, 1.82) is 0 Å². The molecule has 3 atom stereocenters. The molecule has 3 aliphatic rings. The third-order valence-electron chi connectivity index (χ3n) is 9.99. The molecule has 1 aromatic carbocycles. The third-order valence-corrected chi connectivity index (χ3v) is 10.6. The molecule has 3 unspecified atom stereocenters. The van der Waals surface area contributed by atoms with Gasteiger partial charge in [0.2, 0.25) is 0 Å². The first-order valence-electron chi connectivity index (χ1n) is 16.0. The minimum absolute atomic E-state index is 0.149. The molecule has 5 rings (SSSR count). The van der Waals surface area contributed by atoms with E-state index in [0.717, 1.165) is 53.4 Å². The molecular formula is C34H50BrN3O2. The Labute approximate surface area is 249 Å². The highest BCUT2D eigenvalue weighted by molar-refractivity contribution is 9.10. The minimum Gasteiger partial charge on any atom is -0.463 e. The van der Waals surface area contributed by atoms with Crippen molar-refractivity contribution in [2.75, 3.05) is 24.6 Å². The van der Waals surface area contributed by atoms with Crippen molar-refractivity contribution in [2.24, 2.45) is 17.3 Å². The number of anilines is 1. The van der Waals surface area contributed by atoms with Crippen LogP contribution >= 0.6 is 15.9 Å². The van der Waals surface area contributed by atoms with Crippen molar-refractivity contribution < 1.29 is 9.84 Å². The van der Waals surface area contributed by atoms with Gasteiger partial charge in [-0.3, -0.25) is 0 Å². The third kappa shape index (κ3) is 6.38. The summed E-state index contributed by atoms with van der Waals surface area (Å²) in [6, 6.07) is 2.65. The number of benzene rings is 1. The fourth-order valence-electron chi connectivity index (χ4n) is 7.37. The predicted octanol–water partition coefficient (Wildman–Crippen LogP) is 7.28. The first-order chi connectivity index (χ1) is 19.1. The zero-order valence-corrected chi connectivity index (χ0v) is 27.1. The van der Waals surface area contributed by atoms with Crippen molar-refractivity contribution in [1.82, 2.24) is 9.97 Å². The molecule has 1 aromatic heterocycles. The molecule has 1 aliphatic heterocycles. The highest BCUT2D eigenvalue weighted by atomic mass is 79.9. The van der Waals surface area contributed by atoms with Gasteiger partial charge < -0.3 is 14.7 Å². The van der Waals surface area contributed by atoms with Crippen LogP contribution in [0.4, 0.5) is 5.82 Å². The second-order valence-corrected chi connectivity index (χ2v) is 14.5. The molecule has 40 heavy (non-hydrogen) atoms. The van der Waals surface area contributed by atoms with Gasteiger partial charge in [-0.15, -0.1) is 0 Å². The summed E-state index contributed by atoms with van der Waals surface area (Å²) in [5, 5.41) is 14.9. The van der Waals surface area contributed by atoms with E-state index in [-0.39, 0.29) is 5.41 Å². The minimum atomic E-state index is -0.749. The second kappa shape index (κ2) is 12.3. The number of aromatic nitrogens is 2. The molecular weight excluding hydrogens is 562 g/mol. The average Bonchev–Trinajstić information content (AvgIpc) is 3.01. The largest absolute Gasteiger partial charge is 0.463 e. The Kier molecular flexibility index (Phi) is 9.16. The normalized spacial score (nSPS) is 27.7. The molecule has 1 saturated heterocycles. The van der Waals surface area contributed by atoms with E-state index in [9.17, 15) is 5.11 Å². The van der Waals surface area contributed by atoms with Gasteiger partial charge in [0.15, 0.2) is 0 Å². The highest BCUT2D eigenvalue weighted by Gasteiger charge is 2.31. The Morgan fingerprint density at radius 1 is 1.00 bits per heavy atom. The fourth-order valence-corrected chi connectivity index (χ4v) is 8.05. The van der Waals surface area contributed by atoms with Gasteiger partial charge in [-0.1, -0.05) is 93.8 Å². The van der Waals surface area contributed by atoms with Crippen LogP contribution in [-0.4, -0.2) is 40.4 Å². The number of hydrogen-bond donors (Lipinski definition) is 1. The number of hydrogen-bond acceptors (Lipinski definition) is 5. The van der Waals surface area contributed by atoms with Crippen molar-refractivity contribution in [3.8, 4) is 6.01 Å². The summed E-state index contributed by atoms with van der Waals surface area (Å²) in [5.41, 5.74) is 1.81. The van der Waals surface area contributed by atoms with Crippen LogP contribution in [0.5, 0.6) is 6.01 Å². The smallest absolute Gasteiger partial charge is 0.318 e. The molecule has 0 amide bonds. The first-order valence-corrected chi connectivity index (χ1v) is 16.8. The van der Waals surface area contributed by atoms with Gasteiger partial charge in [-0.25, -0.2) is 0 Å². The Balaban J connectivity index is 1.64. The topological polar surface area (TPSA) is 58.5 Å². The quantitative estimate of drug-likeness (QED) is 0.385. The van der Waals surface area contributed by atoms with Crippen LogP contribution < -0.4 is 20.1 Å². The van der Waals surface area contributed by atoms with E-state index < -0.39 is 5.60 Å². The Morgan fingerprint density at radius 2 is 1.68 bits per heavy atom. The molecule has 220 valence electrons. The number of β-amino-alcohol motifs (C(OH)–C–C–N with tert-alkyl or cyclic N) is 1. The summed E-state index contributed by atoms with van der Waals surface area (Å²) >= 11 is 3.95. The Hall–Kier alpha value is -1.66. The van der Waals surface area contributed by atoms with E-state index in [1.807, 2.05) is 6.92 Å². The maximum atomic E-state index is 11.2. The van der Waals surface area contributed by atoms with Gasteiger partial charge in [0.1, 0.15) is 5.82 Å². The number of ether oxygens (including phenoxy) is 1. The zero-order valence-electron chi connectivity index (χ0n) is 25.5. The predicted molar refractivity (Wildman–Crippen MR) is 170 cm³/mol. The monoisotopic (exact) mass is 611 g/mol.